The Morgan fingerprint density at radius 1 is 1.33 bits per heavy atom. The third kappa shape index (κ3) is 4.45. The van der Waals surface area contributed by atoms with Gasteiger partial charge in [0.1, 0.15) is 0 Å². The number of hydrogen-bond donors (Lipinski definition) is 0. The van der Waals surface area contributed by atoms with Crippen molar-refractivity contribution in [1.82, 2.24) is 15.0 Å². The van der Waals surface area contributed by atoms with Gasteiger partial charge in [-0.2, -0.15) is 29.9 Å². The molecule has 0 radical (unpaired) electrons. The van der Waals surface area contributed by atoms with Crippen LogP contribution in [0.25, 0.3) is 11.4 Å². The lowest BCUT2D eigenvalue weighted by molar-refractivity contribution is -0.159. The van der Waals surface area contributed by atoms with Crippen LogP contribution in [0.1, 0.15) is 31.7 Å². The van der Waals surface area contributed by atoms with E-state index in [2.05, 4.69) is 14.7 Å². The minimum Gasteiger partial charge on any atom is -0.335 e. The first kappa shape index (κ1) is 19.7. The third-order valence-electron chi connectivity index (χ3n) is 4.63. The van der Waals surface area contributed by atoms with E-state index < -0.39 is 12.1 Å². The first-order valence-corrected chi connectivity index (χ1v) is 9.83. The zero-order chi connectivity index (χ0) is 19.6. The highest BCUT2D eigenvalue weighted by Gasteiger charge is 2.38. The fourth-order valence-corrected chi connectivity index (χ4v) is 3.45. The number of amides is 1. The molecule has 1 unspecified atom stereocenters. The summed E-state index contributed by atoms with van der Waals surface area (Å²) in [6.07, 6.45) is -3.81. The van der Waals surface area contributed by atoms with Crippen molar-refractivity contribution in [1.29, 1.82) is 0 Å². The molecule has 1 saturated heterocycles. The molecule has 146 valence electrons. The number of hydrogen-bond acceptors (Lipinski definition) is 5. The molecular formula is C18H20F3N3O2S. The molecule has 27 heavy (non-hydrogen) atoms. The first-order chi connectivity index (χ1) is 12.8. The SMILES string of the molecule is CCC(C)N(Cc1ccc(-c2noc(C(F)(F)F)n2)cc1)C(=O)C1CSC1. The Hall–Kier alpha value is -2.03. The largest absolute Gasteiger partial charge is 0.471 e. The molecule has 1 aromatic carbocycles. The standard InChI is InChI=1S/C18H20F3N3O2S/c1-3-11(2)24(16(25)14-9-27-10-14)8-12-4-6-13(7-5-12)15-22-17(26-23-15)18(19,20)21/h4-7,11,14H,3,8-10H2,1-2H3. The number of thioether (sulfide) groups is 1. The molecule has 0 bridgehead atoms. The number of alkyl halides is 3. The summed E-state index contributed by atoms with van der Waals surface area (Å²) < 4.78 is 42.0. The molecule has 1 fully saturated rings. The van der Waals surface area contributed by atoms with E-state index in [9.17, 15) is 18.0 Å². The molecule has 0 N–H and O–H groups in total. The molecule has 2 heterocycles. The second-order valence-electron chi connectivity index (χ2n) is 6.58. The number of nitrogens with zero attached hydrogens (tertiary/aromatic N) is 3. The Morgan fingerprint density at radius 3 is 2.48 bits per heavy atom. The Balaban J connectivity index is 1.73. The topological polar surface area (TPSA) is 59.2 Å². The molecular weight excluding hydrogens is 379 g/mol. The number of benzene rings is 1. The molecule has 0 saturated carbocycles. The van der Waals surface area contributed by atoms with Crippen LogP contribution in [-0.4, -0.2) is 38.5 Å². The van der Waals surface area contributed by atoms with Gasteiger partial charge in [-0.05, 0) is 18.9 Å². The van der Waals surface area contributed by atoms with E-state index in [0.717, 1.165) is 23.5 Å². The van der Waals surface area contributed by atoms with Crippen LogP contribution in [0, 0.1) is 5.92 Å². The van der Waals surface area contributed by atoms with Crippen LogP contribution < -0.4 is 0 Å². The van der Waals surface area contributed by atoms with Gasteiger partial charge >= 0.3 is 12.1 Å². The van der Waals surface area contributed by atoms with Crippen molar-refractivity contribution in [3.63, 3.8) is 0 Å². The summed E-state index contributed by atoms with van der Waals surface area (Å²) in [4.78, 5) is 18.0. The van der Waals surface area contributed by atoms with Gasteiger partial charge in [0.15, 0.2) is 0 Å². The second kappa shape index (κ2) is 7.92. The molecule has 5 nitrogen and oxygen atoms in total. The van der Waals surface area contributed by atoms with Gasteiger partial charge in [-0.15, -0.1) is 0 Å². The van der Waals surface area contributed by atoms with Gasteiger partial charge in [-0.3, -0.25) is 4.79 Å². The zero-order valence-corrected chi connectivity index (χ0v) is 15.8. The van der Waals surface area contributed by atoms with E-state index in [-0.39, 0.29) is 23.7 Å². The first-order valence-electron chi connectivity index (χ1n) is 8.68. The number of halogens is 3. The molecule has 2 aromatic rings. The fourth-order valence-electron chi connectivity index (χ4n) is 2.70. The molecule has 0 aliphatic carbocycles. The van der Waals surface area contributed by atoms with Crippen molar-refractivity contribution in [2.24, 2.45) is 5.92 Å². The quantitative estimate of drug-likeness (QED) is 0.727. The molecule has 1 aliphatic rings. The Bertz CT molecular complexity index is 788. The molecule has 1 atom stereocenters. The minimum absolute atomic E-state index is 0.0865. The van der Waals surface area contributed by atoms with E-state index in [1.54, 1.807) is 36.0 Å². The monoisotopic (exact) mass is 399 g/mol. The summed E-state index contributed by atoms with van der Waals surface area (Å²) >= 11 is 1.77. The van der Waals surface area contributed by atoms with Crippen LogP contribution in [0.3, 0.4) is 0 Å². The van der Waals surface area contributed by atoms with Gasteiger partial charge < -0.3 is 9.42 Å². The lowest BCUT2D eigenvalue weighted by Crippen LogP contribution is -2.45. The van der Waals surface area contributed by atoms with Crippen molar-refractivity contribution in [3.05, 3.63) is 35.7 Å². The summed E-state index contributed by atoms with van der Waals surface area (Å²) in [6, 6.07) is 6.95. The average Bonchev–Trinajstić information content (AvgIpc) is 3.08. The maximum absolute atomic E-state index is 12.7. The fraction of sp³-hybridized carbons (Fsp3) is 0.500. The lowest BCUT2D eigenvalue weighted by Gasteiger charge is -2.35. The van der Waals surface area contributed by atoms with Crippen LogP contribution in [0.2, 0.25) is 0 Å². The maximum atomic E-state index is 12.7. The van der Waals surface area contributed by atoms with Gasteiger partial charge in [0.2, 0.25) is 11.7 Å². The van der Waals surface area contributed by atoms with E-state index in [1.807, 2.05) is 18.7 Å². The van der Waals surface area contributed by atoms with Crippen molar-refractivity contribution >= 4 is 17.7 Å². The van der Waals surface area contributed by atoms with Gasteiger partial charge in [-0.25, -0.2) is 0 Å². The second-order valence-corrected chi connectivity index (χ2v) is 7.65. The van der Waals surface area contributed by atoms with Crippen molar-refractivity contribution in [3.8, 4) is 11.4 Å². The predicted octanol–water partition coefficient (Wildman–Crippen LogP) is 4.25. The maximum Gasteiger partial charge on any atom is 0.471 e. The zero-order valence-electron chi connectivity index (χ0n) is 15.0. The highest BCUT2D eigenvalue weighted by molar-refractivity contribution is 8.00. The number of carbonyl (C=O) groups is 1. The van der Waals surface area contributed by atoms with Gasteiger partial charge in [0, 0.05) is 29.7 Å². The van der Waals surface area contributed by atoms with E-state index in [4.69, 9.17) is 0 Å². The smallest absolute Gasteiger partial charge is 0.335 e. The molecule has 3 rings (SSSR count). The molecule has 1 aliphatic heterocycles. The summed E-state index contributed by atoms with van der Waals surface area (Å²) in [5, 5.41) is 3.38. The number of aromatic nitrogens is 2. The summed E-state index contributed by atoms with van der Waals surface area (Å²) in [7, 11) is 0. The summed E-state index contributed by atoms with van der Waals surface area (Å²) in [6.45, 7) is 4.53. The molecule has 9 heteroatoms. The Labute approximate surface area is 159 Å². The molecule has 1 aromatic heterocycles. The molecule has 0 spiro atoms. The normalized spacial score (nSPS) is 16.0. The van der Waals surface area contributed by atoms with E-state index in [1.165, 1.54) is 0 Å². The number of rotatable bonds is 6. The highest BCUT2D eigenvalue weighted by atomic mass is 32.2. The van der Waals surface area contributed by atoms with Gasteiger partial charge in [0.25, 0.3) is 0 Å². The van der Waals surface area contributed by atoms with E-state index >= 15 is 0 Å². The summed E-state index contributed by atoms with van der Waals surface area (Å²) in [5.74, 6) is 0.501. The van der Waals surface area contributed by atoms with Crippen LogP contribution in [0.4, 0.5) is 13.2 Å². The Kier molecular flexibility index (Phi) is 5.78. The van der Waals surface area contributed by atoms with Gasteiger partial charge in [0.05, 0.1) is 5.92 Å². The molecule has 1 amide bonds. The minimum atomic E-state index is -4.66. The summed E-state index contributed by atoms with van der Waals surface area (Å²) in [5.41, 5.74) is 1.33. The van der Waals surface area contributed by atoms with Crippen LogP contribution >= 0.6 is 11.8 Å². The van der Waals surface area contributed by atoms with Crippen LogP contribution in [0.5, 0.6) is 0 Å². The predicted molar refractivity (Wildman–Crippen MR) is 95.9 cm³/mol. The van der Waals surface area contributed by atoms with Gasteiger partial charge in [-0.1, -0.05) is 36.3 Å². The van der Waals surface area contributed by atoms with Crippen LogP contribution in [-0.2, 0) is 17.5 Å². The third-order valence-corrected chi connectivity index (χ3v) is 5.90. The van der Waals surface area contributed by atoms with Crippen molar-refractivity contribution in [2.75, 3.05) is 11.5 Å². The average molecular weight is 399 g/mol. The Morgan fingerprint density at radius 2 is 2.00 bits per heavy atom. The van der Waals surface area contributed by atoms with Crippen molar-refractivity contribution in [2.45, 2.75) is 39.0 Å². The highest BCUT2D eigenvalue weighted by Crippen LogP contribution is 2.30. The van der Waals surface area contributed by atoms with Crippen LogP contribution in [0.15, 0.2) is 28.8 Å². The van der Waals surface area contributed by atoms with E-state index in [0.29, 0.717) is 12.1 Å². The number of carbonyl (C=O) groups excluding carboxylic acids is 1. The van der Waals surface area contributed by atoms with Crippen molar-refractivity contribution < 1.29 is 22.5 Å². The lowest BCUT2D eigenvalue weighted by atomic mass is 10.1.